The number of methoxy groups -OCH3 is 1. The fourth-order valence-electron chi connectivity index (χ4n) is 4.20. The van der Waals surface area contributed by atoms with Gasteiger partial charge in [0.2, 0.25) is 5.43 Å². The molecule has 1 aromatic carbocycles. The van der Waals surface area contributed by atoms with Gasteiger partial charge in [-0.3, -0.25) is 9.18 Å². The van der Waals surface area contributed by atoms with Gasteiger partial charge in [0.25, 0.3) is 0 Å². The van der Waals surface area contributed by atoms with Crippen LogP contribution in [0.25, 0.3) is 10.9 Å². The first-order valence-corrected chi connectivity index (χ1v) is 11.0. The highest BCUT2D eigenvalue weighted by molar-refractivity contribution is 5.97. The number of aromatic carboxylic acids is 1. The lowest BCUT2D eigenvalue weighted by molar-refractivity contribution is 0.0335. The summed E-state index contributed by atoms with van der Waals surface area (Å²) in [5.74, 6) is -0.623. The second-order valence-corrected chi connectivity index (χ2v) is 8.54. The zero-order valence-electron chi connectivity index (χ0n) is 19.8. The summed E-state index contributed by atoms with van der Waals surface area (Å²) >= 11 is 0. The highest BCUT2D eigenvalue weighted by Crippen LogP contribution is 2.44. The number of aromatic nitrogens is 1. The number of ether oxygens (including phenoxy) is 1. The molecule has 32 heavy (non-hydrogen) atoms. The molecule has 1 aromatic heterocycles. The smallest absolute Gasteiger partial charge is 0.341 e. The number of carboxylic acids is 1. The Kier molecular flexibility index (Phi) is 8.29. The van der Waals surface area contributed by atoms with E-state index in [1.54, 1.807) is 13.2 Å². The number of carboxylic acid groups (broad SMARTS) is 1. The molecule has 1 unspecified atom stereocenters. The van der Waals surface area contributed by atoms with E-state index >= 15 is 0 Å². The molecule has 2 fully saturated rings. The maximum atomic E-state index is 12.8. The van der Waals surface area contributed by atoms with Gasteiger partial charge in [0.15, 0.2) is 5.75 Å². The molecular weight excluding hydrogens is 415 g/mol. The molecular formula is C24H35FN2O5. The average Bonchev–Trinajstić information content (AvgIpc) is 3.63. The van der Waals surface area contributed by atoms with Crippen molar-refractivity contribution in [2.45, 2.75) is 59.1 Å². The maximum Gasteiger partial charge on any atom is 0.341 e. The Labute approximate surface area is 188 Å². The van der Waals surface area contributed by atoms with Crippen LogP contribution in [0.2, 0.25) is 0 Å². The minimum Gasteiger partial charge on any atom is -0.492 e. The summed E-state index contributed by atoms with van der Waals surface area (Å²) in [7, 11) is 2.08. The second-order valence-electron chi connectivity index (χ2n) is 8.54. The minimum absolute atomic E-state index is 0.185. The molecule has 0 radical (unpaired) electrons. The van der Waals surface area contributed by atoms with E-state index in [9.17, 15) is 24.2 Å². The van der Waals surface area contributed by atoms with Crippen LogP contribution in [0.4, 0.5) is 10.1 Å². The van der Waals surface area contributed by atoms with Crippen LogP contribution < -0.4 is 15.1 Å². The summed E-state index contributed by atoms with van der Waals surface area (Å²) < 4.78 is 17.2. The lowest BCUT2D eigenvalue weighted by Gasteiger charge is -2.43. The number of halogens is 1. The van der Waals surface area contributed by atoms with Crippen LogP contribution in [0.5, 0.6) is 5.75 Å². The first kappa shape index (κ1) is 25.6. The predicted molar refractivity (Wildman–Crippen MR) is 125 cm³/mol. The van der Waals surface area contributed by atoms with Crippen molar-refractivity contribution in [3.8, 4) is 5.75 Å². The first-order valence-electron chi connectivity index (χ1n) is 11.0. The average molecular weight is 451 g/mol. The lowest BCUT2D eigenvalue weighted by Crippen LogP contribution is -2.48. The maximum absolute atomic E-state index is 12.8. The number of alkyl halides is 1. The standard InChI is InChI=1S/C21H26N2O5.C2H6.CH3F/c1-21(2)11-22(9-8-16(21)24)15-7-6-13-17(19(15)28-3)23(12-4-5-12)10-14(18(13)25)20(26)27;2*1-2/h6-7,10,12,16,24H,4-5,8-9,11H2,1-3H3,(H,26,27);1-2H3;1H3. The number of nitrogens with zero attached hydrogens (tertiary/aromatic N) is 2. The number of benzene rings is 1. The van der Waals surface area contributed by atoms with Gasteiger partial charge in [-0.05, 0) is 31.4 Å². The number of aliphatic hydroxyl groups is 1. The van der Waals surface area contributed by atoms with Crippen LogP contribution in [0, 0.1) is 5.41 Å². The number of rotatable bonds is 4. The number of carbonyl (C=O) groups is 1. The van der Waals surface area contributed by atoms with Crippen LogP contribution in [0.15, 0.2) is 23.1 Å². The Bertz CT molecular complexity index is 1010. The van der Waals surface area contributed by atoms with E-state index < -0.39 is 11.4 Å². The van der Waals surface area contributed by atoms with Crippen molar-refractivity contribution in [2.24, 2.45) is 5.41 Å². The number of fused-ring (bicyclic) bond motifs is 1. The third kappa shape index (κ3) is 4.75. The largest absolute Gasteiger partial charge is 0.492 e. The van der Waals surface area contributed by atoms with Crippen molar-refractivity contribution in [1.82, 2.24) is 4.57 Å². The third-order valence-electron chi connectivity index (χ3n) is 6.01. The fourth-order valence-corrected chi connectivity index (χ4v) is 4.20. The van der Waals surface area contributed by atoms with Crippen molar-refractivity contribution in [3.63, 3.8) is 0 Å². The van der Waals surface area contributed by atoms with Gasteiger partial charge in [0.05, 0.1) is 37.0 Å². The molecule has 7 nitrogen and oxygen atoms in total. The van der Waals surface area contributed by atoms with Crippen molar-refractivity contribution < 1.29 is 24.1 Å². The third-order valence-corrected chi connectivity index (χ3v) is 6.01. The Balaban J connectivity index is 0.000000860. The minimum atomic E-state index is -1.21. The molecule has 2 N–H and O–H groups in total. The monoisotopic (exact) mass is 450 g/mol. The number of hydrogen-bond acceptors (Lipinski definition) is 5. The van der Waals surface area contributed by atoms with Gasteiger partial charge in [-0.1, -0.05) is 27.7 Å². The molecule has 4 rings (SSSR count). The number of aliphatic hydroxyl groups excluding tert-OH is 1. The molecule has 2 aliphatic rings. The summed E-state index contributed by atoms with van der Waals surface area (Å²) in [6.07, 6.45) is 3.65. The van der Waals surface area contributed by atoms with Gasteiger partial charge in [0, 0.05) is 30.7 Å². The molecule has 1 saturated carbocycles. The Morgan fingerprint density at radius 2 is 1.81 bits per heavy atom. The van der Waals surface area contributed by atoms with Gasteiger partial charge in [-0.15, -0.1) is 0 Å². The molecule has 0 bridgehead atoms. The highest BCUT2D eigenvalue weighted by Gasteiger charge is 2.36. The van der Waals surface area contributed by atoms with Gasteiger partial charge in [-0.25, -0.2) is 4.79 Å². The van der Waals surface area contributed by atoms with Crippen molar-refractivity contribution in [2.75, 3.05) is 32.3 Å². The molecule has 1 aliphatic heterocycles. The quantitative estimate of drug-likeness (QED) is 0.724. The van der Waals surface area contributed by atoms with Crippen LogP contribution in [-0.2, 0) is 0 Å². The Morgan fingerprint density at radius 1 is 1.19 bits per heavy atom. The lowest BCUT2D eigenvalue weighted by atomic mass is 9.81. The SMILES string of the molecule is CC.CF.COc1c(N2CCC(O)C(C)(C)C2)ccc2c(=O)c(C(=O)O)cn(C3CC3)c12. The van der Waals surface area contributed by atoms with Crippen LogP contribution >= 0.6 is 0 Å². The van der Waals surface area contributed by atoms with E-state index in [0.717, 1.165) is 18.5 Å². The summed E-state index contributed by atoms with van der Waals surface area (Å²) in [4.78, 5) is 26.5. The van der Waals surface area contributed by atoms with Gasteiger partial charge in [-0.2, -0.15) is 0 Å². The van der Waals surface area contributed by atoms with Gasteiger partial charge < -0.3 is 24.4 Å². The zero-order chi connectivity index (χ0) is 24.2. The molecule has 178 valence electrons. The van der Waals surface area contributed by atoms with E-state index in [2.05, 4.69) is 4.90 Å². The fraction of sp³-hybridized carbons (Fsp3) is 0.583. The molecule has 1 atom stereocenters. The van der Waals surface area contributed by atoms with E-state index in [4.69, 9.17) is 4.74 Å². The zero-order valence-corrected chi connectivity index (χ0v) is 19.8. The molecule has 1 saturated heterocycles. The van der Waals surface area contributed by atoms with E-state index in [1.165, 1.54) is 6.20 Å². The summed E-state index contributed by atoms with van der Waals surface area (Å²) in [6.45, 7) is 9.43. The molecule has 0 amide bonds. The Hall–Kier alpha value is -2.61. The van der Waals surface area contributed by atoms with Crippen LogP contribution in [0.3, 0.4) is 0 Å². The number of pyridine rings is 1. The van der Waals surface area contributed by atoms with E-state index in [-0.39, 0.29) is 23.1 Å². The number of hydrogen-bond donors (Lipinski definition) is 2. The van der Waals surface area contributed by atoms with Gasteiger partial charge >= 0.3 is 5.97 Å². The van der Waals surface area contributed by atoms with Crippen molar-refractivity contribution >= 4 is 22.6 Å². The summed E-state index contributed by atoms with van der Waals surface area (Å²) in [5, 5.41) is 20.1. The van der Waals surface area contributed by atoms with Crippen molar-refractivity contribution in [1.29, 1.82) is 0 Å². The molecule has 2 aromatic rings. The van der Waals surface area contributed by atoms with Gasteiger partial charge in [0.1, 0.15) is 5.56 Å². The first-order chi connectivity index (χ1) is 15.2. The summed E-state index contributed by atoms with van der Waals surface area (Å²) in [5.41, 5.74) is 0.560. The second kappa shape index (κ2) is 10.3. The Morgan fingerprint density at radius 3 is 2.31 bits per heavy atom. The van der Waals surface area contributed by atoms with Crippen LogP contribution in [0.1, 0.15) is 63.4 Å². The molecule has 1 aliphatic carbocycles. The van der Waals surface area contributed by atoms with E-state index in [0.29, 0.717) is 43.3 Å². The molecule has 8 heteroatoms. The predicted octanol–water partition coefficient (Wildman–Crippen LogP) is 4.25. The highest BCUT2D eigenvalue weighted by atomic mass is 19.1. The number of piperidine rings is 1. The van der Waals surface area contributed by atoms with Crippen molar-refractivity contribution in [3.05, 3.63) is 34.1 Å². The van der Waals surface area contributed by atoms with Crippen LogP contribution in [-0.4, -0.2) is 54.2 Å². The van der Waals surface area contributed by atoms with E-state index in [1.807, 2.05) is 38.3 Å². The topological polar surface area (TPSA) is 92.0 Å². The summed E-state index contributed by atoms with van der Waals surface area (Å²) in [6, 6.07) is 3.72. The number of anilines is 1. The molecule has 2 heterocycles. The molecule has 0 spiro atoms. The normalized spacial score (nSPS) is 19.4.